The summed E-state index contributed by atoms with van der Waals surface area (Å²) in [5.74, 6) is -1.38. The first-order valence-electron chi connectivity index (χ1n) is 13.0. The van der Waals surface area contributed by atoms with E-state index >= 15 is 0 Å². The summed E-state index contributed by atoms with van der Waals surface area (Å²) in [6.07, 6.45) is 5.57. The Kier molecular flexibility index (Phi) is 14.7. The SMILES string of the molecule is N#C/C(=C\c1ccc(NCCO)cc1)C(=O)OCCCCCCOC(=O)/C(C#N)=C/c1ccc(NCCO)cc1. The molecule has 10 nitrogen and oxygen atoms in total. The van der Waals surface area contributed by atoms with Crippen LogP contribution in [0.1, 0.15) is 36.8 Å². The van der Waals surface area contributed by atoms with Crippen LogP contribution in [0.25, 0.3) is 12.2 Å². The fourth-order valence-corrected chi connectivity index (χ4v) is 3.44. The highest BCUT2D eigenvalue weighted by molar-refractivity contribution is 5.98. The number of aliphatic hydroxyl groups excluding tert-OH is 2. The van der Waals surface area contributed by atoms with Gasteiger partial charge in [-0.1, -0.05) is 24.3 Å². The van der Waals surface area contributed by atoms with E-state index in [1.54, 1.807) is 48.5 Å². The fraction of sp³-hybridized carbons (Fsp3) is 0.333. The van der Waals surface area contributed by atoms with Gasteiger partial charge in [0.05, 0.1) is 26.4 Å². The van der Waals surface area contributed by atoms with Crippen LogP contribution >= 0.6 is 0 Å². The third kappa shape index (κ3) is 11.8. The Morgan fingerprint density at radius 1 is 0.675 bits per heavy atom. The minimum absolute atomic E-state index is 0.0170. The van der Waals surface area contributed by atoms with Crippen LogP contribution in [0.15, 0.2) is 59.7 Å². The number of ether oxygens (including phenoxy) is 2. The summed E-state index contributed by atoms with van der Waals surface area (Å²) in [5, 5.41) is 42.4. The van der Waals surface area contributed by atoms with Crippen molar-refractivity contribution in [2.24, 2.45) is 0 Å². The highest BCUT2D eigenvalue weighted by Crippen LogP contribution is 2.15. The molecule has 10 heteroatoms. The second-order valence-electron chi connectivity index (χ2n) is 8.57. The molecule has 2 aromatic rings. The van der Waals surface area contributed by atoms with Crippen LogP contribution in [-0.2, 0) is 19.1 Å². The number of carbonyl (C=O) groups is 2. The van der Waals surface area contributed by atoms with E-state index in [2.05, 4.69) is 10.6 Å². The molecule has 0 atom stereocenters. The zero-order chi connectivity index (χ0) is 29.0. The van der Waals surface area contributed by atoms with Crippen molar-refractivity contribution in [1.82, 2.24) is 0 Å². The van der Waals surface area contributed by atoms with Crippen molar-refractivity contribution in [3.63, 3.8) is 0 Å². The van der Waals surface area contributed by atoms with Crippen molar-refractivity contribution in [1.29, 1.82) is 10.5 Å². The molecule has 0 fully saturated rings. The van der Waals surface area contributed by atoms with E-state index in [0.29, 0.717) is 37.1 Å². The summed E-state index contributed by atoms with van der Waals surface area (Å²) in [4.78, 5) is 24.4. The topological polar surface area (TPSA) is 165 Å². The first-order chi connectivity index (χ1) is 19.5. The predicted molar refractivity (Wildman–Crippen MR) is 152 cm³/mol. The van der Waals surface area contributed by atoms with Crippen molar-refractivity contribution in [3.05, 3.63) is 70.8 Å². The van der Waals surface area contributed by atoms with Crippen LogP contribution in [0.4, 0.5) is 11.4 Å². The average Bonchev–Trinajstić information content (AvgIpc) is 2.98. The number of nitriles is 2. The van der Waals surface area contributed by atoms with Gasteiger partial charge in [0, 0.05) is 24.5 Å². The van der Waals surface area contributed by atoms with Gasteiger partial charge >= 0.3 is 11.9 Å². The molecule has 0 unspecified atom stereocenters. The third-order valence-corrected chi connectivity index (χ3v) is 5.51. The van der Waals surface area contributed by atoms with Crippen LogP contribution in [0.5, 0.6) is 0 Å². The smallest absolute Gasteiger partial charge is 0.348 e. The van der Waals surface area contributed by atoms with Gasteiger partial charge in [-0.25, -0.2) is 9.59 Å². The van der Waals surface area contributed by atoms with E-state index < -0.39 is 11.9 Å². The average molecular weight is 547 g/mol. The van der Waals surface area contributed by atoms with Gasteiger partial charge in [0.1, 0.15) is 23.3 Å². The number of hydrogen-bond donors (Lipinski definition) is 4. The summed E-state index contributed by atoms with van der Waals surface area (Å²) in [5.41, 5.74) is 2.79. The first-order valence-corrected chi connectivity index (χ1v) is 13.0. The Morgan fingerprint density at radius 3 is 1.38 bits per heavy atom. The number of nitrogens with zero attached hydrogens (tertiary/aromatic N) is 2. The maximum atomic E-state index is 12.2. The number of esters is 2. The number of rotatable bonds is 17. The summed E-state index contributed by atoms with van der Waals surface area (Å²) < 4.78 is 10.4. The van der Waals surface area contributed by atoms with Crippen LogP contribution < -0.4 is 10.6 Å². The second kappa shape index (κ2) is 18.6. The quantitative estimate of drug-likeness (QED) is 0.0996. The number of anilines is 2. The van der Waals surface area contributed by atoms with Gasteiger partial charge in [-0.15, -0.1) is 0 Å². The Bertz CT molecular complexity index is 1130. The second-order valence-corrected chi connectivity index (χ2v) is 8.57. The Hall–Kier alpha value is -4.64. The normalized spacial score (nSPS) is 11.2. The van der Waals surface area contributed by atoms with Gasteiger partial charge in [-0.2, -0.15) is 10.5 Å². The van der Waals surface area contributed by atoms with Gasteiger partial charge in [0.2, 0.25) is 0 Å². The van der Waals surface area contributed by atoms with Crippen LogP contribution in [0.2, 0.25) is 0 Å². The predicted octanol–water partition coefficient (Wildman–Crippen LogP) is 3.66. The summed E-state index contributed by atoms with van der Waals surface area (Å²) in [7, 11) is 0. The lowest BCUT2D eigenvalue weighted by Crippen LogP contribution is -2.09. The number of benzene rings is 2. The highest BCUT2D eigenvalue weighted by Gasteiger charge is 2.12. The molecule has 0 aliphatic carbocycles. The van der Waals surface area contributed by atoms with Gasteiger partial charge in [0.15, 0.2) is 0 Å². The fourth-order valence-electron chi connectivity index (χ4n) is 3.44. The molecule has 2 rings (SSSR count). The number of hydrogen-bond acceptors (Lipinski definition) is 10. The first kappa shape index (κ1) is 31.6. The zero-order valence-corrected chi connectivity index (χ0v) is 22.3. The Balaban J connectivity index is 1.66. The molecular weight excluding hydrogens is 512 g/mol. The van der Waals surface area contributed by atoms with Crippen molar-refractivity contribution < 1.29 is 29.3 Å². The molecule has 0 aromatic heterocycles. The molecular formula is C30H34N4O6. The minimum Gasteiger partial charge on any atom is -0.462 e. The Labute approximate surface area is 234 Å². The summed E-state index contributed by atoms with van der Waals surface area (Å²) >= 11 is 0. The molecule has 40 heavy (non-hydrogen) atoms. The van der Waals surface area contributed by atoms with Crippen molar-refractivity contribution in [2.45, 2.75) is 25.7 Å². The van der Waals surface area contributed by atoms with Gasteiger partial charge < -0.3 is 30.3 Å². The Morgan fingerprint density at radius 2 is 1.05 bits per heavy atom. The van der Waals surface area contributed by atoms with E-state index in [-0.39, 0.29) is 37.6 Å². The van der Waals surface area contributed by atoms with Crippen LogP contribution in [0.3, 0.4) is 0 Å². The maximum absolute atomic E-state index is 12.2. The monoisotopic (exact) mass is 546 g/mol. The molecule has 0 aliphatic heterocycles. The lowest BCUT2D eigenvalue weighted by atomic mass is 10.1. The number of nitrogens with one attached hydrogen (secondary N) is 2. The lowest BCUT2D eigenvalue weighted by Gasteiger charge is -2.06. The molecule has 0 saturated carbocycles. The summed E-state index contributed by atoms with van der Waals surface area (Å²) in [6.45, 7) is 1.22. The van der Waals surface area contributed by atoms with E-state index in [1.165, 1.54) is 12.2 Å². The van der Waals surface area contributed by atoms with E-state index in [1.807, 2.05) is 12.1 Å². The third-order valence-electron chi connectivity index (χ3n) is 5.51. The standard InChI is InChI=1S/C30H34N4O6/c31-21-25(19-23-5-9-27(10-6-23)33-13-15-35)29(37)39-17-3-1-2-4-18-40-30(38)26(22-32)20-24-7-11-28(12-8-24)34-14-16-36/h5-12,19-20,33-36H,1-4,13-18H2/b25-19+,26-20+. The van der Waals surface area contributed by atoms with Crippen molar-refractivity contribution in [2.75, 3.05) is 50.2 Å². The molecule has 0 heterocycles. The number of carbonyl (C=O) groups excluding carboxylic acids is 2. The molecule has 0 radical (unpaired) electrons. The number of unbranched alkanes of at least 4 members (excludes halogenated alkanes) is 3. The molecule has 0 amide bonds. The zero-order valence-electron chi connectivity index (χ0n) is 22.3. The molecule has 210 valence electrons. The number of aliphatic hydroxyl groups is 2. The van der Waals surface area contributed by atoms with Crippen molar-refractivity contribution in [3.8, 4) is 12.1 Å². The largest absolute Gasteiger partial charge is 0.462 e. The molecule has 2 aromatic carbocycles. The molecule has 0 bridgehead atoms. The van der Waals surface area contributed by atoms with Gasteiger partial charge in [-0.3, -0.25) is 0 Å². The van der Waals surface area contributed by atoms with Crippen LogP contribution in [0, 0.1) is 22.7 Å². The van der Waals surface area contributed by atoms with E-state index in [0.717, 1.165) is 24.2 Å². The lowest BCUT2D eigenvalue weighted by molar-refractivity contribution is -0.139. The molecule has 0 spiro atoms. The molecule has 0 aliphatic rings. The van der Waals surface area contributed by atoms with E-state index in [4.69, 9.17) is 19.7 Å². The molecule has 0 saturated heterocycles. The van der Waals surface area contributed by atoms with Crippen molar-refractivity contribution >= 4 is 35.5 Å². The molecule has 4 N–H and O–H groups in total. The van der Waals surface area contributed by atoms with E-state index in [9.17, 15) is 20.1 Å². The van der Waals surface area contributed by atoms with Crippen LogP contribution in [-0.4, -0.2) is 61.7 Å². The highest BCUT2D eigenvalue weighted by atomic mass is 16.5. The van der Waals surface area contributed by atoms with Gasteiger partial charge in [-0.05, 0) is 73.2 Å². The maximum Gasteiger partial charge on any atom is 0.348 e. The van der Waals surface area contributed by atoms with Gasteiger partial charge in [0.25, 0.3) is 0 Å². The minimum atomic E-state index is -0.689. The summed E-state index contributed by atoms with van der Waals surface area (Å²) in [6, 6.07) is 17.9.